The zero-order valence-corrected chi connectivity index (χ0v) is 16.5. The predicted molar refractivity (Wildman–Crippen MR) is 100 cm³/mol. The Bertz CT molecular complexity index is 1140. The Morgan fingerprint density at radius 3 is 2.56 bits per heavy atom. The average Bonchev–Trinajstić information content (AvgIpc) is 3.19. The summed E-state index contributed by atoms with van der Waals surface area (Å²) in [6.45, 7) is 0. The third kappa shape index (κ3) is 4.27. The Hall–Kier alpha value is -2.88. The van der Waals surface area contributed by atoms with Gasteiger partial charge in [-0.25, -0.2) is 0 Å². The van der Waals surface area contributed by atoms with Gasteiger partial charge in [0.25, 0.3) is 0 Å². The van der Waals surface area contributed by atoms with Crippen LogP contribution in [-0.2, 0) is 20.1 Å². The first-order valence-electron chi connectivity index (χ1n) is 8.12. The largest absolute Gasteiger partial charge is 0.347 e. The Kier molecular flexibility index (Phi) is 6.07. The minimum Gasteiger partial charge on any atom is -0.347 e. The van der Waals surface area contributed by atoms with Gasteiger partial charge in [0.05, 0.1) is 5.65 Å². The SMILES string of the molecule is Fc1c[c-]c(-c2ccccn2)cc1.[Ir].[c-]1cccc2ccn3ccnc3c12. The summed E-state index contributed by atoms with van der Waals surface area (Å²) in [5.41, 5.74) is 2.59. The van der Waals surface area contributed by atoms with E-state index in [0.717, 1.165) is 22.3 Å². The van der Waals surface area contributed by atoms with Gasteiger partial charge in [0.2, 0.25) is 0 Å². The summed E-state index contributed by atoms with van der Waals surface area (Å²) < 4.78 is 14.5. The molecule has 0 spiro atoms. The van der Waals surface area contributed by atoms with Gasteiger partial charge >= 0.3 is 0 Å². The first kappa shape index (κ1) is 18.9. The van der Waals surface area contributed by atoms with E-state index in [1.807, 2.05) is 47.1 Å². The van der Waals surface area contributed by atoms with Crippen LogP contribution >= 0.6 is 0 Å². The average molecular weight is 532 g/mol. The summed E-state index contributed by atoms with van der Waals surface area (Å²) in [5.74, 6) is -0.278. The molecule has 0 fully saturated rings. The Balaban J connectivity index is 0.000000150. The number of imidazole rings is 1. The van der Waals surface area contributed by atoms with E-state index in [1.165, 1.54) is 17.5 Å². The summed E-state index contributed by atoms with van der Waals surface area (Å²) in [6, 6.07) is 24.0. The summed E-state index contributed by atoms with van der Waals surface area (Å²) in [5, 5.41) is 2.26. The van der Waals surface area contributed by atoms with E-state index in [2.05, 4.69) is 34.2 Å². The second-order valence-electron chi connectivity index (χ2n) is 5.61. The molecular formula is C22H14FIrN3-2. The molecule has 0 amide bonds. The number of fused-ring (bicyclic) bond motifs is 3. The number of hydrogen-bond donors (Lipinski definition) is 0. The van der Waals surface area contributed by atoms with E-state index in [9.17, 15) is 4.39 Å². The van der Waals surface area contributed by atoms with Crippen LogP contribution in [0.2, 0.25) is 0 Å². The van der Waals surface area contributed by atoms with E-state index in [1.54, 1.807) is 18.5 Å². The Labute approximate surface area is 169 Å². The normalized spacial score (nSPS) is 10.1. The van der Waals surface area contributed by atoms with Crippen molar-refractivity contribution in [1.29, 1.82) is 0 Å². The summed E-state index contributed by atoms with van der Waals surface area (Å²) in [6.07, 6.45) is 7.45. The first-order chi connectivity index (χ1) is 12.8. The molecule has 3 heterocycles. The van der Waals surface area contributed by atoms with E-state index in [4.69, 9.17) is 0 Å². The van der Waals surface area contributed by atoms with Gasteiger partial charge in [-0.3, -0.25) is 9.37 Å². The smallest absolute Gasteiger partial charge is 0.0603 e. The standard InChI is InChI=1S/C11H7FN.C11H7N2.Ir/c12-10-6-4-9(5-7-10)11-3-1-2-8-13-11;1-2-4-10-9(3-1)5-7-13-8-6-12-11(10)13;/h1-4,6-8H;1-3,5-8H;/q2*-1;. The van der Waals surface area contributed by atoms with Crippen LogP contribution in [0.1, 0.15) is 0 Å². The van der Waals surface area contributed by atoms with E-state index >= 15 is 0 Å². The van der Waals surface area contributed by atoms with Crippen LogP contribution in [0.25, 0.3) is 27.7 Å². The molecule has 0 atom stereocenters. The maximum absolute atomic E-state index is 12.6. The molecule has 0 aliphatic rings. The molecule has 0 unspecified atom stereocenters. The Morgan fingerprint density at radius 2 is 1.78 bits per heavy atom. The number of aromatic nitrogens is 3. The molecule has 0 saturated carbocycles. The molecule has 0 aliphatic carbocycles. The van der Waals surface area contributed by atoms with Gasteiger partial charge in [0.15, 0.2) is 0 Å². The zero-order valence-electron chi connectivity index (χ0n) is 14.1. The van der Waals surface area contributed by atoms with Crippen molar-refractivity contribution in [2.45, 2.75) is 0 Å². The quantitative estimate of drug-likeness (QED) is 0.286. The minimum absolute atomic E-state index is 0. The predicted octanol–water partition coefficient (Wildman–Crippen LogP) is 4.97. The van der Waals surface area contributed by atoms with Gasteiger partial charge in [-0.05, 0) is 18.0 Å². The fraction of sp³-hybridized carbons (Fsp3) is 0. The van der Waals surface area contributed by atoms with Crippen LogP contribution in [0.3, 0.4) is 0 Å². The molecule has 5 rings (SSSR count). The van der Waals surface area contributed by atoms with Crippen LogP contribution in [0.5, 0.6) is 0 Å². The second-order valence-corrected chi connectivity index (χ2v) is 5.61. The molecule has 27 heavy (non-hydrogen) atoms. The van der Waals surface area contributed by atoms with Crippen LogP contribution in [0.15, 0.2) is 85.5 Å². The van der Waals surface area contributed by atoms with Gasteiger partial charge in [-0.15, -0.1) is 64.9 Å². The minimum atomic E-state index is -0.278. The second kappa shape index (κ2) is 8.67. The fourth-order valence-electron chi connectivity index (χ4n) is 2.66. The third-order valence-corrected chi connectivity index (χ3v) is 3.91. The number of benzene rings is 2. The van der Waals surface area contributed by atoms with Crippen molar-refractivity contribution in [1.82, 2.24) is 14.4 Å². The molecule has 3 aromatic heterocycles. The molecular weight excluding hydrogens is 517 g/mol. The number of hydrogen-bond acceptors (Lipinski definition) is 2. The molecule has 5 aromatic rings. The van der Waals surface area contributed by atoms with Gasteiger partial charge in [0, 0.05) is 44.5 Å². The zero-order chi connectivity index (χ0) is 17.8. The summed E-state index contributed by atoms with van der Waals surface area (Å²) >= 11 is 0. The number of nitrogens with zero attached hydrogens (tertiary/aromatic N) is 3. The van der Waals surface area contributed by atoms with E-state index < -0.39 is 0 Å². The molecule has 0 bridgehead atoms. The first-order valence-corrected chi connectivity index (χ1v) is 8.12. The molecule has 0 aliphatic heterocycles. The number of pyridine rings is 2. The van der Waals surface area contributed by atoms with Crippen molar-refractivity contribution in [3.05, 3.63) is 103 Å². The Morgan fingerprint density at radius 1 is 0.852 bits per heavy atom. The van der Waals surface area contributed by atoms with Crippen molar-refractivity contribution in [3.63, 3.8) is 0 Å². The maximum Gasteiger partial charge on any atom is 0.0603 e. The molecule has 2 aromatic carbocycles. The van der Waals surface area contributed by atoms with E-state index in [-0.39, 0.29) is 25.9 Å². The maximum atomic E-state index is 12.6. The summed E-state index contributed by atoms with van der Waals surface area (Å²) in [7, 11) is 0. The monoisotopic (exact) mass is 532 g/mol. The molecule has 0 N–H and O–H groups in total. The topological polar surface area (TPSA) is 30.2 Å². The van der Waals surface area contributed by atoms with Crippen molar-refractivity contribution in [2.75, 3.05) is 0 Å². The number of rotatable bonds is 1. The fourth-order valence-corrected chi connectivity index (χ4v) is 2.66. The van der Waals surface area contributed by atoms with E-state index in [0.29, 0.717) is 0 Å². The molecule has 1 radical (unpaired) electrons. The van der Waals surface area contributed by atoms with Crippen molar-refractivity contribution >= 4 is 16.4 Å². The molecule has 0 saturated heterocycles. The van der Waals surface area contributed by atoms with Gasteiger partial charge in [-0.1, -0.05) is 18.2 Å². The van der Waals surface area contributed by atoms with Crippen LogP contribution in [0, 0.1) is 17.9 Å². The van der Waals surface area contributed by atoms with Crippen molar-refractivity contribution < 1.29 is 24.5 Å². The van der Waals surface area contributed by atoms with Gasteiger partial charge in [-0.2, -0.15) is 0 Å². The molecule has 5 heteroatoms. The van der Waals surface area contributed by atoms with Crippen LogP contribution in [-0.4, -0.2) is 14.4 Å². The van der Waals surface area contributed by atoms with Crippen molar-refractivity contribution in [2.24, 2.45) is 0 Å². The third-order valence-electron chi connectivity index (χ3n) is 3.91. The van der Waals surface area contributed by atoms with Gasteiger partial charge < -0.3 is 9.38 Å². The molecule has 3 nitrogen and oxygen atoms in total. The number of halogens is 1. The van der Waals surface area contributed by atoms with Crippen LogP contribution in [0.4, 0.5) is 4.39 Å². The van der Waals surface area contributed by atoms with Gasteiger partial charge in [0.1, 0.15) is 0 Å². The van der Waals surface area contributed by atoms with Crippen molar-refractivity contribution in [3.8, 4) is 11.3 Å². The summed E-state index contributed by atoms with van der Waals surface area (Å²) in [4.78, 5) is 8.40. The molecule has 135 valence electrons. The van der Waals surface area contributed by atoms with Crippen LogP contribution < -0.4 is 0 Å².